The highest BCUT2D eigenvalue weighted by molar-refractivity contribution is 7.89. The van der Waals surface area contributed by atoms with Gasteiger partial charge >= 0.3 is 0 Å². The average molecular weight is 308 g/mol. The third kappa shape index (κ3) is 4.16. The molecular formula is C13H16N4O3S. The quantitative estimate of drug-likeness (QED) is 0.858. The van der Waals surface area contributed by atoms with Crippen molar-refractivity contribution >= 4 is 21.7 Å². The summed E-state index contributed by atoms with van der Waals surface area (Å²) in [6.07, 6.45) is 3.63. The normalized spacial score (nSPS) is 16.3. The van der Waals surface area contributed by atoms with Crippen LogP contribution in [0.5, 0.6) is 0 Å². The maximum Gasteiger partial charge on any atom is 0.236 e. The zero-order valence-electron chi connectivity index (χ0n) is 11.6. The lowest BCUT2D eigenvalue weighted by Gasteiger charge is -2.31. The molecule has 0 aromatic carbocycles. The molecule has 0 spiro atoms. The fraction of sp³-hybridized carbons (Fsp3) is 0.462. The molecule has 0 bridgehead atoms. The van der Waals surface area contributed by atoms with E-state index in [1.807, 2.05) is 15.7 Å². The van der Waals surface area contributed by atoms with E-state index in [0.717, 1.165) is 12.1 Å². The zero-order valence-corrected chi connectivity index (χ0v) is 12.4. The molecule has 1 N–H and O–H groups in total. The van der Waals surface area contributed by atoms with Crippen LogP contribution in [-0.4, -0.2) is 38.7 Å². The van der Waals surface area contributed by atoms with Crippen LogP contribution in [0, 0.1) is 17.2 Å². The van der Waals surface area contributed by atoms with Crippen LogP contribution in [0.4, 0.5) is 5.82 Å². The molecule has 1 aliphatic rings. The second kappa shape index (κ2) is 6.10. The van der Waals surface area contributed by atoms with Crippen LogP contribution >= 0.6 is 0 Å². The molecule has 0 atom stereocenters. The SMILES string of the molecule is CS(=O)(=O)NC(=O)C1CCN(c2ccc(C#N)cn2)CC1. The molecular weight excluding hydrogens is 292 g/mol. The molecule has 21 heavy (non-hydrogen) atoms. The van der Waals surface area contributed by atoms with E-state index in [4.69, 9.17) is 5.26 Å². The zero-order chi connectivity index (χ0) is 15.5. The van der Waals surface area contributed by atoms with E-state index >= 15 is 0 Å². The monoisotopic (exact) mass is 308 g/mol. The molecule has 2 heterocycles. The van der Waals surface area contributed by atoms with Crippen LogP contribution in [0.15, 0.2) is 18.3 Å². The lowest BCUT2D eigenvalue weighted by atomic mass is 9.96. The Morgan fingerprint density at radius 2 is 2.10 bits per heavy atom. The predicted octanol–water partition coefficient (Wildman–Crippen LogP) is 0.245. The van der Waals surface area contributed by atoms with Crippen molar-refractivity contribution in [1.82, 2.24) is 9.71 Å². The molecule has 1 saturated heterocycles. The second-order valence-corrected chi connectivity index (χ2v) is 6.77. The van der Waals surface area contributed by atoms with Gasteiger partial charge in [0, 0.05) is 25.2 Å². The number of anilines is 1. The third-order valence-corrected chi connectivity index (χ3v) is 3.92. The van der Waals surface area contributed by atoms with Crippen molar-refractivity contribution in [3.8, 4) is 6.07 Å². The van der Waals surface area contributed by atoms with Crippen LogP contribution < -0.4 is 9.62 Å². The Labute approximate surface area is 123 Å². The largest absolute Gasteiger partial charge is 0.357 e. The van der Waals surface area contributed by atoms with E-state index in [2.05, 4.69) is 4.98 Å². The molecule has 0 unspecified atom stereocenters. The number of piperidine rings is 1. The number of carbonyl (C=O) groups excluding carboxylic acids is 1. The number of pyridine rings is 1. The number of rotatable bonds is 3. The van der Waals surface area contributed by atoms with Gasteiger partial charge in [-0.1, -0.05) is 0 Å². The first-order valence-corrected chi connectivity index (χ1v) is 8.41. The molecule has 2 rings (SSSR count). The summed E-state index contributed by atoms with van der Waals surface area (Å²) in [6, 6.07) is 5.48. The number of amides is 1. The standard InChI is InChI=1S/C13H16N4O3S/c1-21(19,20)16-13(18)11-4-6-17(7-5-11)12-3-2-10(8-14)9-15-12/h2-3,9,11H,4-7H2,1H3,(H,16,18). The van der Waals surface area contributed by atoms with Crippen molar-refractivity contribution < 1.29 is 13.2 Å². The number of nitriles is 1. The maximum absolute atomic E-state index is 11.8. The van der Waals surface area contributed by atoms with Crippen LogP contribution in [0.25, 0.3) is 0 Å². The summed E-state index contributed by atoms with van der Waals surface area (Å²) in [5.74, 6) is 0.0234. The molecule has 0 aliphatic carbocycles. The summed E-state index contributed by atoms with van der Waals surface area (Å²) in [7, 11) is -3.50. The van der Waals surface area contributed by atoms with Crippen molar-refractivity contribution in [1.29, 1.82) is 5.26 Å². The van der Waals surface area contributed by atoms with Gasteiger partial charge in [0.15, 0.2) is 0 Å². The molecule has 1 aliphatic heterocycles. The van der Waals surface area contributed by atoms with Crippen LogP contribution in [0.1, 0.15) is 18.4 Å². The number of nitrogens with zero attached hydrogens (tertiary/aromatic N) is 3. The van der Waals surface area contributed by atoms with Crippen molar-refractivity contribution in [2.75, 3.05) is 24.2 Å². The Kier molecular flexibility index (Phi) is 4.43. The molecule has 7 nitrogen and oxygen atoms in total. The Morgan fingerprint density at radius 1 is 1.43 bits per heavy atom. The lowest BCUT2D eigenvalue weighted by molar-refractivity contribution is -0.123. The highest BCUT2D eigenvalue weighted by Crippen LogP contribution is 2.22. The number of sulfonamides is 1. The van der Waals surface area contributed by atoms with Crippen LogP contribution in [0.3, 0.4) is 0 Å². The highest BCUT2D eigenvalue weighted by Gasteiger charge is 2.27. The molecule has 1 amide bonds. The highest BCUT2D eigenvalue weighted by atomic mass is 32.2. The molecule has 8 heteroatoms. The van der Waals surface area contributed by atoms with Gasteiger partial charge in [-0.2, -0.15) is 5.26 Å². The maximum atomic E-state index is 11.8. The summed E-state index contributed by atoms with van der Waals surface area (Å²) < 4.78 is 24.1. The van der Waals surface area contributed by atoms with E-state index in [1.54, 1.807) is 12.1 Å². The summed E-state index contributed by atoms with van der Waals surface area (Å²) in [6.45, 7) is 1.25. The fourth-order valence-corrected chi connectivity index (χ4v) is 2.81. The first kappa shape index (κ1) is 15.3. The van der Waals surface area contributed by atoms with Crippen molar-refractivity contribution in [2.24, 2.45) is 5.92 Å². The third-order valence-electron chi connectivity index (χ3n) is 3.35. The van der Waals surface area contributed by atoms with Gasteiger partial charge in [-0.15, -0.1) is 0 Å². The Morgan fingerprint density at radius 3 is 2.57 bits per heavy atom. The fourth-order valence-electron chi connectivity index (χ4n) is 2.28. The molecule has 1 fully saturated rings. The molecule has 1 aromatic heterocycles. The van der Waals surface area contributed by atoms with E-state index in [9.17, 15) is 13.2 Å². The van der Waals surface area contributed by atoms with Crippen molar-refractivity contribution in [3.05, 3.63) is 23.9 Å². The van der Waals surface area contributed by atoms with E-state index < -0.39 is 15.9 Å². The molecule has 1 aromatic rings. The minimum atomic E-state index is -3.50. The van der Waals surface area contributed by atoms with E-state index in [1.165, 1.54) is 6.20 Å². The average Bonchev–Trinajstić information content (AvgIpc) is 2.46. The van der Waals surface area contributed by atoms with Gasteiger partial charge in [-0.25, -0.2) is 13.4 Å². The minimum Gasteiger partial charge on any atom is -0.357 e. The molecule has 0 saturated carbocycles. The first-order valence-electron chi connectivity index (χ1n) is 6.52. The molecule has 0 radical (unpaired) electrons. The second-order valence-electron chi connectivity index (χ2n) is 5.02. The molecule has 112 valence electrons. The smallest absolute Gasteiger partial charge is 0.236 e. The van der Waals surface area contributed by atoms with Crippen LogP contribution in [-0.2, 0) is 14.8 Å². The van der Waals surface area contributed by atoms with Crippen LogP contribution in [0.2, 0.25) is 0 Å². The topological polar surface area (TPSA) is 103 Å². The summed E-state index contributed by atoms with van der Waals surface area (Å²) in [4.78, 5) is 18.0. The Bertz CT molecular complexity index is 656. The van der Waals surface area contributed by atoms with Gasteiger partial charge in [0.05, 0.1) is 11.8 Å². The van der Waals surface area contributed by atoms with E-state index in [-0.39, 0.29) is 5.92 Å². The summed E-state index contributed by atoms with van der Waals surface area (Å²) >= 11 is 0. The minimum absolute atomic E-state index is 0.297. The number of hydrogen-bond donors (Lipinski definition) is 1. The summed E-state index contributed by atoms with van der Waals surface area (Å²) in [5.41, 5.74) is 0.501. The van der Waals surface area contributed by atoms with Crippen molar-refractivity contribution in [2.45, 2.75) is 12.8 Å². The number of aromatic nitrogens is 1. The number of hydrogen-bond acceptors (Lipinski definition) is 6. The summed E-state index contributed by atoms with van der Waals surface area (Å²) in [5, 5.41) is 8.73. The van der Waals surface area contributed by atoms with Gasteiger partial charge in [0.2, 0.25) is 15.9 Å². The van der Waals surface area contributed by atoms with Gasteiger partial charge in [-0.3, -0.25) is 9.52 Å². The number of nitrogens with one attached hydrogen (secondary N) is 1. The van der Waals surface area contributed by atoms with Gasteiger partial charge < -0.3 is 4.90 Å². The van der Waals surface area contributed by atoms with Gasteiger partial charge in [-0.05, 0) is 25.0 Å². The van der Waals surface area contributed by atoms with Crippen molar-refractivity contribution in [3.63, 3.8) is 0 Å². The lowest BCUT2D eigenvalue weighted by Crippen LogP contribution is -2.42. The predicted molar refractivity (Wildman–Crippen MR) is 76.9 cm³/mol. The number of carbonyl (C=O) groups is 1. The first-order chi connectivity index (χ1) is 9.89. The van der Waals surface area contributed by atoms with Gasteiger partial charge in [0.25, 0.3) is 0 Å². The Balaban J connectivity index is 1.93. The van der Waals surface area contributed by atoms with Gasteiger partial charge in [0.1, 0.15) is 11.9 Å². The Hall–Kier alpha value is -2.14. The van der Waals surface area contributed by atoms with E-state index in [0.29, 0.717) is 31.5 Å².